The van der Waals surface area contributed by atoms with E-state index in [4.69, 9.17) is 0 Å². The maximum atomic E-state index is 10.3. The lowest BCUT2D eigenvalue weighted by atomic mass is 10.1. The minimum atomic E-state index is 0.239. The van der Waals surface area contributed by atoms with E-state index in [-0.39, 0.29) is 11.8 Å². The first-order valence-electron chi connectivity index (χ1n) is 6.95. The molecule has 108 valence electrons. The summed E-state index contributed by atoms with van der Waals surface area (Å²) in [4.78, 5) is 1.20. The van der Waals surface area contributed by atoms with Crippen molar-refractivity contribution in [2.75, 3.05) is 0 Å². The summed E-state index contributed by atoms with van der Waals surface area (Å²) in [6.45, 7) is 10.4. The van der Waals surface area contributed by atoms with Gasteiger partial charge in [-0.1, -0.05) is 26.0 Å². The second-order valence-electron chi connectivity index (χ2n) is 5.52. The van der Waals surface area contributed by atoms with Gasteiger partial charge in [0.1, 0.15) is 5.69 Å². The molecule has 0 radical (unpaired) electrons. The lowest BCUT2D eigenvalue weighted by Crippen LogP contribution is -2.04. The van der Waals surface area contributed by atoms with E-state index in [0.717, 1.165) is 11.3 Å². The summed E-state index contributed by atoms with van der Waals surface area (Å²) in [7, 11) is 0. The number of thioether (sulfide) groups is 1. The second-order valence-corrected chi connectivity index (χ2v) is 7.17. The molecule has 0 aliphatic rings. The normalized spacial score (nSPS) is 11.6. The highest BCUT2D eigenvalue weighted by molar-refractivity contribution is 7.99. The van der Waals surface area contributed by atoms with Gasteiger partial charge in [0.15, 0.2) is 5.75 Å². The molecular weight excluding hydrogens is 268 g/mol. The molecule has 2 aromatic rings. The number of rotatable bonds is 4. The summed E-state index contributed by atoms with van der Waals surface area (Å²) in [5.41, 5.74) is 2.45. The molecule has 0 fully saturated rings. The second kappa shape index (κ2) is 5.92. The Morgan fingerprint density at radius 1 is 1.20 bits per heavy atom. The molecule has 3 nitrogen and oxygen atoms in total. The van der Waals surface area contributed by atoms with Crippen molar-refractivity contribution in [1.29, 1.82) is 0 Å². The standard InChI is InChI=1S/C16H22N2OS/c1-10(2)18-12(5)16(19)15(17-18)13-7-6-8-14(9-13)20-11(3)4/h6-11,19H,1-5H3. The minimum absolute atomic E-state index is 0.239. The lowest BCUT2D eigenvalue weighted by molar-refractivity contribution is 0.461. The predicted octanol–water partition coefficient (Wildman–Crippen LogP) is 4.65. The fraction of sp³-hybridized carbons (Fsp3) is 0.438. The van der Waals surface area contributed by atoms with Crippen molar-refractivity contribution in [3.05, 3.63) is 30.0 Å². The Kier molecular flexibility index (Phi) is 4.43. The number of nitrogens with zero attached hydrogens (tertiary/aromatic N) is 2. The van der Waals surface area contributed by atoms with Crippen LogP contribution in [0.3, 0.4) is 0 Å². The van der Waals surface area contributed by atoms with Crippen LogP contribution in [-0.2, 0) is 0 Å². The fourth-order valence-corrected chi connectivity index (χ4v) is 3.09. The van der Waals surface area contributed by atoms with Gasteiger partial charge in [-0.2, -0.15) is 5.10 Å². The van der Waals surface area contributed by atoms with Gasteiger partial charge in [-0.15, -0.1) is 11.8 Å². The molecule has 0 unspecified atom stereocenters. The maximum Gasteiger partial charge on any atom is 0.164 e. The van der Waals surface area contributed by atoms with E-state index >= 15 is 0 Å². The topological polar surface area (TPSA) is 38.1 Å². The molecule has 0 spiro atoms. The van der Waals surface area contributed by atoms with Crippen molar-refractivity contribution in [2.24, 2.45) is 0 Å². The van der Waals surface area contributed by atoms with Crippen LogP contribution in [0.5, 0.6) is 5.75 Å². The zero-order valence-electron chi connectivity index (χ0n) is 12.7. The summed E-state index contributed by atoms with van der Waals surface area (Å²) < 4.78 is 1.87. The predicted molar refractivity (Wildman–Crippen MR) is 85.4 cm³/mol. The summed E-state index contributed by atoms with van der Waals surface area (Å²) in [5.74, 6) is 0.283. The molecule has 4 heteroatoms. The van der Waals surface area contributed by atoms with Crippen molar-refractivity contribution in [3.63, 3.8) is 0 Å². The number of hydrogen-bond donors (Lipinski definition) is 1. The molecule has 1 aromatic carbocycles. The summed E-state index contributed by atoms with van der Waals surface area (Å²) in [6.07, 6.45) is 0. The first-order valence-corrected chi connectivity index (χ1v) is 7.83. The third-order valence-corrected chi connectivity index (χ3v) is 4.08. The van der Waals surface area contributed by atoms with Gasteiger partial charge in [-0.05, 0) is 32.9 Å². The van der Waals surface area contributed by atoms with Crippen LogP contribution in [-0.4, -0.2) is 20.1 Å². The Bertz CT molecular complexity index is 603. The van der Waals surface area contributed by atoms with Gasteiger partial charge < -0.3 is 5.11 Å². The highest BCUT2D eigenvalue weighted by Gasteiger charge is 2.17. The monoisotopic (exact) mass is 290 g/mol. The van der Waals surface area contributed by atoms with Crippen LogP contribution in [0.2, 0.25) is 0 Å². The molecule has 0 atom stereocenters. The van der Waals surface area contributed by atoms with Crippen LogP contribution in [0.1, 0.15) is 39.4 Å². The van der Waals surface area contributed by atoms with E-state index in [2.05, 4.69) is 44.9 Å². The molecule has 0 amide bonds. The Hall–Kier alpha value is -1.42. The van der Waals surface area contributed by atoms with Crippen molar-refractivity contribution < 1.29 is 5.11 Å². The Balaban J connectivity index is 2.44. The highest BCUT2D eigenvalue weighted by atomic mass is 32.2. The van der Waals surface area contributed by atoms with E-state index in [1.165, 1.54) is 4.90 Å². The Morgan fingerprint density at radius 3 is 2.45 bits per heavy atom. The van der Waals surface area contributed by atoms with E-state index in [9.17, 15) is 5.11 Å². The first-order chi connectivity index (χ1) is 9.40. The van der Waals surface area contributed by atoms with Gasteiger partial charge >= 0.3 is 0 Å². The summed E-state index contributed by atoms with van der Waals surface area (Å²) in [6, 6.07) is 8.44. The van der Waals surface area contributed by atoms with Crippen LogP contribution in [0.15, 0.2) is 29.2 Å². The molecule has 0 saturated heterocycles. The van der Waals surface area contributed by atoms with Gasteiger partial charge in [0, 0.05) is 21.8 Å². The van der Waals surface area contributed by atoms with E-state index < -0.39 is 0 Å². The van der Waals surface area contributed by atoms with Gasteiger partial charge in [0.25, 0.3) is 0 Å². The third-order valence-electron chi connectivity index (χ3n) is 3.09. The molecule has 0 aliphatic carbocycles. The molecule has 1 N–H and O–H groups in total. The van der Waals surface area contributed by atoms with Gasteiger partial charge in [-0.25, -0.2) is 0 Å². The zero-order valence-corrected chi connectivity index (χ0v) is 13.5. The van der Waals surface area contributed by atoms with Crippen LogP contribution < -0.4 is 0 Å². The van der Waals surface area contributed by atoms with Crippen LogP contribution in [0.25, 0.3) is 11.3 Å². The SMILES string of the molecule is Cc1c(O)c(-c2cccc(SC(C)C)c2)nn1C(C)C. The van der Waals surface area contributed by atoms with Gasteiger partial charge in [0.05, 0.1) is 5.69 Å². The fourth-order valence-electron chi connectivity index (χ4n) is 2.20. The van der Waals surface area contributed by atoms with Crippen molar-refractivity contribution in [1.82, 2.24) is 9.78 Å². The smallest absolute Gasteiger partial charge is 0.164 e. The Labute approximate surface area is 125 Å². The molecule has 1 heterocycles. The number of aromatic hydroxyl groups is 1. The van der Waals surface area contributed by atoms with Crippen molar-refractivity contribution in [3.8, 4) is 17.0 Å². The molecule has 0 saturated carbocycles. The largest absolute Gasteiger partial charge is 0.504 e. The number of benzene rings is 1. The van der Waals surface area contributed by atoms with Gasteiger partial charge in [-0.3, -0.25) is 4.68 Å². The third kappa shape index (κ3) is 3.01. The molecule has 2 rings (SSSR count). The van der Waals surface area contributed by atoms with Gasteiger partial charge in [0.2, 0.25) is 0 Å². The van der Waals surface area contributed by atoms with Crippen molar-refractivity contribution in [2.45, 2.75) is 50.8 Å². The molecule has 20 heavy (non-hydrogen) atoms. The van der Waals surface area contributed by atoms with E-state index in [0.29, 0.717) is 10.9 Å². The number of hydrogen-bond acceptors (Lipinski definition) is 3. The average Bonchev–Trinajstić information content (AvgIpc) is 2.66. The van der Waals surface area contributed by atoms with Crippen LogP contribution in [0, 0.1) is 6.92 Å². The van der Waals surface area contributed by atoms with Crippen LogP contribution in [0.4, 0.5) is 0 Å². The quantitative estimate of drug-likeness (QED) is 0.833. The highest BCUT2D eigenvalue weighted by Crippen LogP contribution is 2.34. The molecule has 0 bridgehead atoms. The summed E-state index contributed by atoms with van der Waals surface area (Å²) >= 11 is 1.81. The van der Waals surface area contributed by atoms with Crippen LogP contribution >= 0.6 is 11.8 Å². The Morgan fingerprint density at radius 2 is 1.90 bits per heavy atom. The molecule has 1 aromatic heterocycles. The maximum absolute atomic E-state index is 10.3. The number of aromatic nitrogens is 2. The zero-order chi connectivity index (χ0) is 14.9. The van der Waals surface area contributed by atoms with Crippen molar-refractivity contribution >= 4 is 11.8 Å². The first kappa shape index (κ1) is 15.0. The molecule has 0 aliphatic heterocycles. The summed E-state index contributed by atoms with van der Waals surface area (Å²) in [5, 5.41) is 15.4. The average molecular weight is 290 g/mol. The van der Waals surface area contributed by atoms with E-state index in [1.54, 1.807) is 0 Å². The minimum Gasteiger partial charge on any atom is -0.504 e. The van der Waals surface area contributed by atoms with E-state index in [1.807, 2.05) is 35.5 Å². The molecular formula is C16H22N2OS. The lowest BCUT2D eigenvalue weighted by Gasteiger charge is -2.07.